The summed E-state index contributed by atoms with van der Waals surface area (Å²) in [6, 6.07) is 0. The molecule has 0 saturated heterocycles. The minimum Gasteiger partial charge on any atom is -0.462 e. The van der Waals surface area contributed by atoms with Crippen molar-refractivity contribution in [2.45, 2.75) is 335 Å². The monoisotopic (exact) mass is 1210 g/mol. The Hall–Kier alpha value is -1.94. The van der Waals surface area contributed by atoms with Gasteiger partial charge in [-0.1, -0.05) is 266 Å². The summed E-state index contributed by atoms with van der Waals surface area (Å²) in [6.45, 7) is 7.12. The summed E-state index contributed by atoms with van der Waals surface area (Å²) < 4.78 is 67.7. The molecule has 0 aliphatic rings. The van der Waals surface area contributed by atoms with Crippen molar-refractivity contribution in [3.8, 4) is 0 Å². The Morgan fingerprint density at radius 3 is 0.866 bits per heavy atom. The summed E-state index contributed by atoms with van der Waals surface area (Å²) in [4.78, 5) is 71.8. The van der Waals surface area contributed by atoms with Crippen LogP contribution in [0.4, 0.5) is 0 Å². The second kappa shape index (κ2) is 56.8. The van der Waals surface area contributed by atoms with Crippen molar-refractivity contribution in [3.05, 3.63) is 0 Å². The van der Waals surface area contributed by atoms with Gasteiger partial charge in [-0.2, -0.15) is 0 Å². The highest BCUT2D eigenvalue weighted by Gasteiger charge is 2.30. The summed E-state index contributed by atoms with van der Waals surface area (Å²) in [7, 11) is -9.87. The maximum atomic E-state index is 13.0. The summed E-state index contributed by atoms with van der Waals surface area (Å²) in [6.07, 6.45) is 40.7. The van der Waals surface area contributed by atoms with E-state index in [0.29, 0.717) is 25.7 Å². The highest BCUT2D eigenvalue weighted by atomic mass is 31.2. The molecule has 0 spiro atoms. The number of phosphoric ester groups is 2. The molecular formula is C63H122O17P2. The number of aliphatic hydroxyl groups is 1. The molecular weight excluding hydrogens is 1090 g/mol. The van der Waals surface area contributed by atoms with Crippen molar-refractivity contribution >= 4 is 39.5 Å². The van der Waals surface area contributed by atoms with Gasteiger partial charge in [0.1, 0.15) is 19.3 Å². The number of unbranched alkanes of at least 4 members (excludes halogenated alkanes) is 34. The van der Waals surface area contributed by atoms with Crippen LogP contribution in [0.25, 0.3) is 0 Å². The molecule has 0 bridgehead atoms. The first-order chi connectivity index (χ1) is 39.6. The third kappa shape index (κ3) is 55.9. The zero-order valence-corrected chi connectivity index (χ0v) is 54.4. The Morgan fingerprint density at radius 1 is 0.341 bits per heavy atom. The molecule has 19 heteroatoms. The highest BCUT2D eigenvalue weighted by molar-refractivity contribution is 7.47. The summed E-state index contributed by atoms with van der Waals surface area (Å²) in [5.41, 5.74) is 0. The Kier molecular flexibility index (Phi) is 55.5. The smallest absolute Gasteiger partial charge is 0.462 e. The number of carbonyl (C=O) groups excluding carboxylic acids is 4. The summed E-state index contributed by atoms with van der Waals surface area (Å²) >= 11 is 0. The summed E-state index contributed by atoms with van der Waals surface area (Å²) in [5.74, 6) is -1.30. The van der Waals surface area contributed by atoms with Crippen molar-refractivity contribution in [1.29, 1.82) is 0 Å². The number of carbonyl (C=O) groups is 4. The topological polar surface area (TPSA) is 237 Å². The number of esters is 4. The molecule has 0 rings (SSSR count). The Bertz CT molecular complexity index is 1600. The molecule has 0 aromatic heterocycles. The maximum Gasteiger partial charge on any atom is 0.472 e. The quantitative estimate of drug-likeness (QED) is 0.0222. The fraction of sp³-hybridized carbons (Fsp3) is 0.937. The van der Waals surface area contributed by atoms with Gasteiger partial charge >= 0.3 is 39.5 Å². The third-order valence-corrected chi connectivity index (χ3v) is 16.8. The zero-order valence-electron chi connectivity index (χ0n) is 52.6. The van der Waals surface area contributed by atoms with Crippen LogP contribution in [-0.2, 0) is 65.4 Å². The lowest BCUT2D eigenvalue weighted by Crippen LogP contribution is -2.30. The lowest BCUT2D eigenvalue weighted by Gasteiger charge is -2.21. The van der Waals surface area contributed by atoms with E-state index in [0.717, 1.165) is 109 Å². The Balaban J connectivity index is 5.13. The van der Waals surface area contributed by atoms with E-state index in [-0.39, 0.29) is 25.7 Å². The minimum absolute atomic E-state index is 0.104. The number of rotatable bonds is 63. The van der Waals surface area contributed by atoms with Crippen LogP contribution in [0.2, 0.25) is 0 Å². The van der Waals surface area contributed by atoms with E-state index >= 15 is 0 Å². The van der Waals surface area contributed by atoms with Crippen LogP contribution in [0.15, 0.2) is 0 Å². The van der Waals surface area contributed by atoms with Crippen molar-refractivity contribution in [1.82, 2.24) is 0 Å². The van der Waals surface area contributed by atoms with Crippen molar-refractivity contribution < 1.29 is 80.2 Å². The van der Waals surface area contributed by atoms with Crippen LogP contribution in [0.5, 0.6) is 0 Å². The second-order valence-corrected chi connectivity index (χ2v) is 25.9. The van der Waals surface area contributed by atoms with E-state index in [1.54, 1.807) is 0 Å². The fourth-order valence-electron chi connectivity index (χ4n) is 9.37. The van der Waals surface area contributed by atoms with Crippen LogP contribution in [0.1, 0.15) is 317 Å². The molecule has 486 valence electrons. The molecule has 3 N–H and O–H groups in total. The van der Waals surface area contributed by atoms with E-state index in [1.165, 1.54) is 128 Å². The van der Waals surface area contributed by atoms with E-state index < -0.39 is 97.5 Å². The Morgan fingerprint density at radius 2 is 0.585 bits per heavy atom. The van der Waals surface area contributed by atoms with Crippen molar-refractivity contribution in [3.63, 3.8) is 0 Å². The van der Waals surface area contributed by atoms with Crippen LogP contribution < -0.4 is 0 Å². The van der Waals surface area contributed by atoms with E-state index in [1.807, 2.05) is 0 Å². The zero-order chi connectivity index (χ0) is 60.6. The average Bonchev–Trinajstić information content (AvgIpc) is 3.45. The molecule has 0 fully saturated rings. The summed E-state index contributed by atoms with van der Waals surface area (Å²) in [5, 5.41) is 10.5. The maximum absolute atomic E-state index is 13.0. The van der Waals surface area contributed by atoms with Gasteiger partial charge in [0.15, 0.2) is 12.2 Å². The average molecular weight is 1210 g/mol. The molecule has 0 aliphatic heterocycles. The van der Waals surface area contributed by atoms with Gasteiger partial charge in [0.05, 0.1) is 26.4 Å². The highest BCUT2D eigenvalue weighted by Crippen LogP contribution is 2.45. The van der Waals surface area contributed by atoms with Crippen LogP contribution >= 0.6 is 15.6 Å². The van der Waals surface area contributed by atoms with Gasteiger partial charge in [0, 0.05) is 25.7 Å². The Labute approximate surface area is 498 Å². The molecule has 17 nitrogen and oxygen atoms in total. The largest absolute Gasteiger partial charge is 0.472 e. The molecule has 0 aromatic rings. The van der Waals surface area contributed by atoms with Crippen LogP contribution in [0, 0.1) is 5.92 Å². The van der Waals surface area contributed by atoms with Crippen molar-refractivity contribution in [2.24, 2.45) is 5.92 Å². The molecule has 82 heavy (non-hydrogen) atoms. The second-order valence-electron chi connectivity index (χ2n) is 23.0. The van der Waals surface area contributed by atoms with Gasteiger partial charge < -0.3 is 33.8 Å². The minimum atomic E-state index is -4.94. The normalized spacial score (nSPS) is 14.6. The first kappa shape index (κ1) is 80.1. The van der Waals surface area contributed by atoms with Crippen LogP contribution in [0.3, 0.4) is 0 Å². The van der Waals surface area contributed by atoms with Gasteiger partial charge in [0.25, 0.3) is 0 Å². The molecule has 3 unspecified atom stereocenters. The van der Waals surface area contributed by atoms with E-state index in [9.17, 15) is 43.2 Å². The molecule has 0 aliphatic carbocycles. The first-order valence-electron chi connectivity index (χ1n) is 33.2. The molecule has 0 saturated carbocycles. The predicted octanol–water partition coefficient (Wildman–Crippen LogP) is 17.4. The molecule has 0 radical (unpaired) electrons. The lowest BCUT2D eigenvalue weighted by molar-refractivity contribution is -0.161. The first-order valence-corrected chi connectivity index (χ1v) is 36.2. The van der Waals surface area contributed by atoms with Crippen LogP contribution in [-0.4, -0.2) is 96.7 Å². The number of hydrogen-bond acceptors (Lipinski definition) is 15. The van der Waals surface area contributed by atoms with Gasteiger partial charge in [-0.3, -0.25) is 37.3 Å². The van der Waals surface area contributed by atoms with E-state index in [4.69, 9.17) is 37.0 Å². The molecule has 6 atom stereocenters. The van der Waals surface area contributed by atoms with E-state index in [2.05, 4.69) is 34.6 Å². The van der Waals surface area contributed by atoms with Gasteiger partial charge in [-0.25, -0.2) is 9.13 Å². The van der Waals surface area contributed by atoms with Crippen molar-refractivity contribution in [2.75, 3.05) is 39.6 Å². The number of phosphoric acid groups is 2. The van der Waals surface area contributed by atoms with Gasteiger partial charge in [-0.15, -0.1) is 0 Å². The predicted molar refractivity (Wildman–Crippen MR) is 326 cm³/mol. The molecule has 0 aromatic carbocycles. The number of ether oxygens (including phenoxy) is 4. The fourth-order valence-corrected chi connectivity index (χ4v) is 11.0. The van der Waals surface area contributed by atoms with Gasteiger partial charge in [0.2, 0.25) is 0 Å². The van der Waals surface area contributed by atoms with Gasteiger partial charge in [-0.05, 0) is 31.6 Å². The number of hydrogen-bond donors (Lipinski definition) is 3. The number of aliphatic hydroxyl groups excluding tert-OH is 1. The lowest BCUT2D eigenvalue weighted by atomic mass is 9.99. The molecule has 0 heterocycles. The SMILES string of the molecule is CCCCCCCCCCCCCC(=O)OC[C@H](COP(=O)(O)OC[C@@H](O)COP(=O)(O)OC[C@@H](COC(=O)CCCCCCC)OC(=O)CCCCCCCCCC)OC(=O)CCCCCCCCCCCCCCCCC(C)CC. The molecule has 0 amide bonds. The third-order valence-electron chi connectivity index (χ3n) is 14.9. The standard InChI is InChI=1S/C63H122O17P2/c1-6-10-13-16-18-20-25-29-33-37-42-47-61(66)74-53-59(80-63(68)49-44-39-34-30-27-24-22-21-23-26-28-31-36-40-45-56(5)9-4)55-78-82(71,72)76-51-57(64)50-75-81(69,70)77-54-58(52-73-60(65)46-41-35-15-12-8-3)79-62(67)48-43-38-32-19-17-14-11-7-2/h56-59,64H,6-55H2,1-5H3,(H,69,70)(H,71,72)/t56?,57-,58+,59+/m0/s1.